The second-order valence-electron chi connectivity index (χ2n) is 9.62. The lowest BCUT2D eigenvalue weighted by molar-refractivity contribution is -0.132. The van der Waals surface area contributed by atoms with Gasteiger partial charge < -0.3 is 9.80 Å². The van der Waals surface area contributed by atoms with Crippen LogP contribution in [0.5, 0.6) is 0 Å². The molecule has 2 aromatic carbocycles. The van der Waals surface area contributed by atoms with Crippen molar-refractivity contribution in [3.8, 4) is 0 Å². The summed E-state index contributed by atoms with van der Waals surface area (Å²) in [5, 5.41) is 0. The zero-order chi connectivity index (χ0) is 23.3. The molecule has 1 spiro atoms. The van der Waals surface area contributed by atoms with E-state index in [9.17, 15) is 23.2 Å². The van der Waals surface area contributed by atoms with E-state index in [2.05, 4.69) is 0 Å². The van der Waals surface area contributed by atoms with E-state index < -0.39 is 29.0 Å². The third kappa shape index (κ3) is 3.63. The molecule has 1 unspecified atom stereocenters. The number of hydrogen-bond acceptors (Lipinski definition) is 3. The number of amides is 2. The molecule has 0 aromatic heterocycles. The lowest BCUT2D eigenvalue weighted by Gasteiger charge is -2.39. The van der Waals surface area contributed by atoms with Crippen molar-refractivity contribution in [1.29, 1.82) is 0 Å². The summed E-state index contributed by atoms with van der Waals surface area (Å²) >= 11 is 0. The van der Waals surface area contributed by atoms with E-state index in [1.807, 2.05) is 23.1 Å². The zero-order valence-electron chi connectivity index (χ0n) is 18.6. The molecule has 5 nitrogen and oxygen atoms in total. The molecule has 2 aliphatic heterocycles. The molecule has 2 heterocycles. The summed E-state index contributed by atoms with van der Waals surface area (Å²) in [7, 11) is 0. The first-order chi connectivity index (χ1) is 15.8. The fraction of sp³-hybridized carbons (Fsp3) is 0.423. The number of fused-ring (bicyclic) bond motifs is 1. The number of benzene rings is 2. The number of Topliss-reactive ketones (excluding diaryl/α,β-unsaturated/α-hetero) is 1. The molecule has 0 bridgehead atoms. The van der Waals surface area contributed by atoms with Crippen LogP contribution in [0.3, 0.4) is 0 Å². The Morgan fingerprint density at radius 3 is 2.36 bits per heavy atom. The first-order valence-corrected chi connectivity index (χ1v) is 11.4. The van der Waals surface area contributed by atoms with Crippen molar-refractivity contribution < 1.29 is 23.2 Å². The second kappa shape index (κ2) is 8.04. The second-order valence-corrected chi connectivity index (χ2v) is 9.62. The van der Waals surface area contributed by atoms with Gasteiger partial charge in [0.05, 0.1) is 5.92 Å². The van der Waals surface area contributed by atoms with Crippen LogP contribution in [-0.4, -0.2) is 53.6 Å². The normalized spacial score (nSPS) is 21.5. The number of likely N-dealkylation sites (tertiary alicyclic amines) is 2. The number of ketones is 1. The molecule has 0 N–H and O–H groups in total. The van der Waals surface area contributed by atoms with Gasteiger partial charge in [-0.1, -0.05) is 30.3 Å². The molecule has 1 aliphatic carbocycles. The molecule has 0 saturated carbocycles. The number of halogens is 2. The van der Waals surface area contributed by atoms with E-state index in [-0.39, 0.29) is 29.1 Å². The van der Waals surface area contributed by atoms with Gasteiger partial charge in [0.2, 0.25) is 5.91 Å². The Labute approximate surface area is 191 Å². The van der Waals surface area contributed by atoms with Crippen LogP contribution < -0.4 is 0 Å². The summed E-state index contributed by atoms with van der Waals surface area (Å²) in [6, 6.07) is 9.77. The maximum absolute atomic E-state index is 14.4. The Bertz CT molecular complexity index is 1150. The predicted octanol–water partition coefficient (Wildman–Crippen LogP) is 4.10. The van der Waals surface area contributed by atoms with Crippen molar-refractivity contribution in [2.24, 2.45) is 5.41 Å². The highest BCUT2D eigenvalue weighted by Crippen LogP contribution is 2.43. The Kier molecular flexibility index (Phi) is 5.30. The third-order valence-electron chi connectivity index (χ3n) is 7.68. The van der Waals surface area contributed by atoms with Crippen molar-refractivity contribution in [2.75, 3.05) is 26.2 Å². The van der Waals surface area contributed by atoms with Gasteiger partial charge in [-0.05, 0) is 48.8 Å². The monoisotopic (exact) mass is 452 g/mol. The molecular formula is C26H26F2N2O3. The number of carbonyl (C=O) groups is 3. The van der Waals surface area contributed by atoms with E-state index in [4.69, 9.17) is 0 Å². The highest BCUT2D eigenvalue weighted by molar-refractivity contribution is 6.06. The number of nitrogens with zero attached hydrogens (tertiary/aromatic N) is 2. The predicted molar refractivity (Wildman–Crippen MR) is 118 cm³/mol. The SMILES string of the molecule is Cc1ccc(F)c(C(=O)N2CCC3(CC2)CCN(C(=O)C2CC(=O)c4ccccc42)C3)c1F. The Morgan fingerprint density at radius 1 is 0.970 bits per heavy atom. The summed E-state index contributed by atoms with van der Waals surface area (Å²) in [6.45, 7) is 3.53. The quantitative estimate of drug-likeness (QED) is 0.690. The number of hydrogen-bond donors (Lipinski definition) is 0. The van der Waals surface area contributed by atoms with Gasteiger partial charge in [-0.2, -0.15) is 0 Å². The maximum atomic E-state index is 14.4. The van der Waals surface area contributed by atoms with Crippen LogP contribution in [0.1, 0.15) is 63.4 Å². The summed E-state index contributed by atoms with van der Waals surface area (Å²) in [6.07, 6.45) is 2.41. The lowest BCUT2D eigenvalue weighted by atomic mass is 9.77. The van der Waals surface area contributed by atoms with Crippen LogP contribution in [0, 0.1) is 24.0 Å². The van der Waals surface area contributed by atoms with Crippen molar-refractivity contribution in [3.63, 3.8) is 0 Å². The Morgan fingerprint density at radius 2 is 1.64 bits per heavy atom. The van der Waals surface area contributed by atoms with Gasteiger partial charge in [-0.25, -0.2) is 8.78 Å². The van der Waals surface area contributed by atoms with Gasteiger partial charge in [0, 0.05) is 38.2 Å². The Balaban J connectivity index is 1.25. The van der Waals surface area contributed by atoms with Crippen LogP contribution in [0.15, 0.2) is 36.4 Å². The molecule has 2 saturated heterocycles. The molecule has 1 atom stereocenters. The zero-order valence-corrected chi connectivity index (χ0v) is 18.6. The summed E-state index contributed by atoms with van der Waals surface area (Å²) in [5.74, 6) is -2.67. The van der Waals surface area contributed by atoms with Gasteiger partial charge in [0.25, 0.3) is 5.91 Å². The highest BCUT2D eigenvalue weighted by atomic mass is 19.1. The molecule has 172 valence electrons. The van der Waals surface area contributed by atoms with Crippen molar-refractivity contribution in [2.45, 2.75) is 38.5 Å². The van der Waals surface area contributed by atoms with E-state index in [1.54, 1.807) is 6.07 Å². The number of rotatable bonds is 2. The highest BCUT2D eigenvalue weighted by Gasteiger charge is 2.45. The smallest absolute Gasteiger partial charge is 0.259 e. The van der Waals surface area contributed by atoms with Crippen molar-refractivity contribution in [3.05, 3.63) is 70.3 Å². The molecule has 7 heteroatoms. The van der Waals surface area contributed by atoms with Gasteiger partial charge in [-0.15, -0.1) is 0 Å². The minimum absolute atomic E-state index is 0.00687. The average molecular weight is 453 g/mol. The molecule has 3 aliphatic rings. The van der Waals surface area contributed by atoms with Crippen LogP contribution in [0.4, 0.5) is 8.78 Å². The number of carbonyl (C=O) groups excluding carboxylic acids is 3. The van der Waals surface area contributed by atoms with Crippen molar-refractivity contribution >= 4 is 17.6 Å². The van der Waals surface area contributed by atoms with Gasteiger partial charge >= 0.3 is 0 Å². The maximum Gasteiger partial charge on any atom is 0.259 e. The Hall–Kier alpha value is -3.09. The molecule has 2 aromatic rings. The molecule has 0 radical (unpaired) electrons. The molecular weight excluding hydrogens is 426 g/mol. The molecule has 33 heavy (non-hydrogen) atoms. The van der Waals surface area contributed by atoms with E-state index in [0.29, 0.717) is 44.6 Å². The molecule has 2 fully saturated rings. The van der Waals surface area contributed by atoms with Crippen LogP contribution in [0.25, 0.3) is 0 Å². The standard InChI is InChI=1S/C26H26F2N2O3/c1-16-6-7-20(27)22(23(16)28)25(33)29-11-8-26(9-12-29)10-13-30(15-26)24(32)19-14-21(31)18-5-3-2-4-17(18)19/h2-7,19H,8-15H2,1H3. The first kappa shape index (κ1) is 21.7. The topological polar surface area (TPSA) is 57.7 Å². The lowest BCUT2D eigenvalue weighted by Crippen LogP contribution is -2.45. The summed E-state index contributed by atoms with van der Waals surface area (Å²) < 4.78 is 28.6. The largest absolute Gasteiger partial charge is 0.342 e. The third-order valence-corrected chi connectivity index (χ3v) is 7.68. The van der Waals surface area contributed by atoms with Crippen LogP contribution in [0.2, 0.25) is 0 Å². The first-order valence-electron chi connectivity index (χ1n) is 11.4. The summed E-state index contributed by atoms with van der Waals surface area (Å²) in [5.41, 5.74) is 1.12. The van der Waals surface area contributed by atoms with E-state index >= 15 is 0 Å². The van der Waals surface area contributed by atoms with E-state index in [1.165, 1.54) is 17.9 Å². The van der Waals surface area contributed by atoms with Gasteiger partial charge in [0.15, 0.2) is 5.78 Å². The van der Waals surface area contributed by atoms with Crippen molar-refractivity contribution in [1.82, 2.24) is 9.80 Å². The van der Waals surface area contributed by atoms with Gasteiger partial charge in [0.1, 0.15) is 17.2 Å². The number of aryl methyl sites for hydroxylation is 1. The van der Waals surface area contributed by atoms with Crippen LogP contribution in [-0.2, 0) is 4.79 Å². The fourth-order valence-electron chi connectivity index (χ4n) is 5.63. The van der Waals surface area contributed by atoms with E-state index in [0.717, 1.165) is 18.1 Å². The molecule has 2 amide bonds. The number of piperidine rings is 1. The minimum atomic E-state index is -0.840. The fourth-order valence-corrected chi connectivity index (χ4v) is 5.63. The summed E-state index contributed by atoms with van der Waals surface area (Å²) in [4.78, 5) is 41.8. The minimum Gasteiger partial charge on any atom is -0.342 e. The average Bonchev–Trinajstić information content (AvgIpc) is 3.38. The van der Waals surface area contributed by atoms with Gasteiger partial charge in [-0.3, -0.25) is 14.4 Å². The molecule has 5 rings (SSSR count). The van der Waals surface area contributed by atoms with Crippen LogP contribution >= 0.6 is 0 Å².